The molecule has 104 valence electrons. The first kappa shape index (κ1) is 16.9. The Morgan fingerprint density at radius 1 is 1.28 bits per heavy atom. The average Bonchev–Trinajstić information content (AvgIpc) is 2.31. The molecule has 0 saturated heterocycles. The zero-order chi connectivity index (χ0) is 14.3. The van der Waals surface area contributed by atoms with Gasteiger partial charge in [-0.15, -0.1) is 0 Å². The third-order valence-corrected chi connectivity index (χ3v) is 3.22. The molecule has 18 heavy (non-hydrogen) atoms. The number of carbonyl (C=O) groups is 1. The molecule has 0 aromatic rings. The summed E-state index contributed by atoms with van der Waals surface area (Å²) in [5.41, 5.74) is 1.63. The number of ether oxygens (including phenoxy) is 1. The van der Waals surface area contributed by atoms with Gasteiger partial charge in [-0.3, -0.25) is 4.79 Å². The van der Waals surface area contributed by atoms with Crippen molar-refractivity contribution in [3.05, 3.63) is 24.3 Å². The molecule has 0 fully saturated rings. The molecule has 1 N–H and O–H groups in total. The first-order chi connectivity index (χ1) is 8.29. The number of aliphatic hydroxyl groups excluding tert-OH is 1. The molecule has 0 aliphatic carbocycles. The van der Waals surface area contributed by atoms with Crippen LogP contribution in [0.1, 0.15) is 40.5 Å². The second-order valence-corrected chi connectivity index (χ2v) is 5.08. The zero-order valence-corrected chi connectivity index (χ0v) is 12.0. The lowest BCUT2D eigenvalue weighted by atomic mass is 9.93. The number of carbonyl (C=O) groups excluding carboxylic acids is 1. The van der Waals surface area contributed by atoms with Gasteiger partial charge in [-0.2, -0.15) is 0 Å². The summed E-state index contributed by atoms with van der Waals surface area (Å²) >= 11 is 0. The quantitative estimate of drug-likeness (QED) is 0.535. The van der Waals surface area contributed by atoms with E-state index in [9.17, 15) is 9.90 Å². The number of rotatable bonds is 8. The van der Waals surface area contributed by atoms with Crippen LogP contribution in [0.4, 0.5) is 0 Å². The zero-order valence-electron chi connectivity index (χ0n) is 12.0. The highest BCUT2D eigenvalue weighted by Gasteiger charge is 2.19. The van der Waals surface area contributed by atoms with Crippen LogP contribution < -0.4 is 0 Å². The first-order valence-corrected chi connectivity index (χ1v) is 6.45. The molecule has 0 aromatic carbocycles. The van der Waals surface area contributed by atoms with E-state index in [1.54, 1.807) is 6.92 Å². The van der Waals surface area contributed by atoms with E-state index in [0.29, 0.717) is 6.42 Å². The summed E-state index contributed by atoms with van der Waals surface area (Å²) in [4.78, 5) is 11.6. The highest BCUT2D eigenvalue weighted by Crippen LogP contribution is 2.19. The predicted octanol–water partition coefficient (Wildman–Crippen LogP) is 3.10. The van der Waals surface area contributed by atoms with E-state index >= 15 is 0 Å². The highest BCUT2D eigenvalue weighted by atomic mass is 16.5. The molecule has 0 amide bonds. The SMILES string of the molecule is C=C(C)C(O)CC(COC(=O)C(C)CC)C(=C)C. The normalized spacial score (nSPS) is 15.6. The van der Waals surface area contributed by atoms with Crippen LogP contribution in [0, 0.1) is 11.8 Å². The molecule has 3 unspecified atom stereocenters. The fraction of sp³-hybridized carbons (Fsp3) is 0.667. The molecule has 3 atom stereocenters. The van der Waals surface area contributed by atoms with Crippen molar-refractivity contribution in [1.82, 2.24) is 0 Å². The molecule has 0 aromatic heterocycles. The Morgan fingerprint density at radius 3 is 2.22 bits per heavy atom. The summed E-state index contributed by atoms with van der Waals surface area (Å²) in [5, 5.41) is 9.79. The summed E-state index contributed by atoms with van der Waals surface area (Å²) in [6.45, 7) is 15.3. The molecule has 0 heterocycles. The summed E-state index contributed by atoms with van der Waals surface area (Å²) in [6, 6.07) is 0. The minimum atomic E-state index is -0.575. The van der Waals surface area contributed by atoms with E-state index in [-0.39, 0.29) is 24.4 Å². The Hall–Kier alpha value is -1.09. The van der Waals surface area contributed by atoms with Gasteiger partial charge in [-0.25, -0.2) is 0 Å². The third-order valence-electron chi connectivity index (χ3n) is 3.22. The summed E-state index contributed by atoms with van der Waals surface area (Å²) in [5.74, 6) is -0.292. The van der Waals surface area contributed by atoms with Gasteiger partial charge >= 0.3 is 5.97 Å². The van der Waals surface area contributed by atoms with Gasteiger partial charge < -0.3 is 9.84 Å². The Labute approximate surface area is 111 Å². The van der Waals surface area contributed by atoms with E-state index < -0.39 is 6.10 Å². The van der Waals surface area contributed by atoms with E-state index in [2.05, 4.69) is 13.2 Å². The van der Waals surface area contributed by atoms with Crippen LogP contribution >= 0.6 is 0 Å². The van der Waals surface area contributed by atoms with Gasteiger partial charge in [-0.05, 0) is 26.7 Å². The number of aliphatic hydroxyl groups is 1. The van der Waals surface area contributed by atoms with Crippen LogP contribution in [-0.2, 0) is 9.53 Å². The van der Waals surface area contributed by atoms with Crippen molar-refractivity contribution in [3.63, 3.8) is 0 Å². The maximum atomic E-state index is 11.6. The molecule has 0 radical (unpaired) electrons. The molecule has 0 spiro atoms. The Balaban J connectivity index is 4.34. The lowest BCUT2D eigenvalue weighted by Gasteiger charge is -2.21. The van der Waals surface area contributed by atoms with Gasteiger partial charge in [0.15, 0.2) is 0 Å². The van der Waals surface area contributed by atoms with E-state index in [0.717, 1.165) is 17.6 Å². The number of hydrogen-bond acceptors (Lipinski definition) is 3. The van der Waals surface area contributed by atoms with Crippen molar-refractivity contribution in [2.75, 3.05) is 6.61 Å². The summed E-state index contributed by atoms with van der Waals surface area (Å²) in [6.07, 6.45) is 0.692. The van der Waals surface area contributed by atoms with Gasteiger partial charge in [0.1, 0.15) is 0 Å². The lowest BCUT2D eigenvalue weighted by Crippen LogP contribution is -2.23. The Bertz CT molecular complexity index is 307. The highest BCUT2D eigenvalue weighted by molar-refractivity contribution is 5.71. The Morgan fingerprint density at radius 2 is 1.83 bits per heavy atom. The molecule has 0 aliphatic heterocycles. The molecule has 3 heteroatoms. The fourth-order valence-corrected chi connectivity index (χ4v) is 1.37. The largest absolute Gasteiger partial charge is 0.465 e. The molecule has 0 rings (SSSR count). The third kappa shape index (κ3) is 6.01. The fourth-order valence-electron chi connectivity index (χ4n) is 1.37. The van der Waals surface area contributed by atoms with Crippen molar-refractivity contribution < 1.29 is 14.6 Å². The number of hydrogen-bond donors (Lipinski definition) is 1. The van der Waals surface area contributed by atoms with Gasteiger partial charge in [-0.1, -0.05) is 38.2 Å². The van der Waals surface area contributed by atoms with Gasteiger partial charge in [0.05, 0.1) is 18.6 Å². The van der Waals surface area contributed by atoms with Crippen LogP contribution in [0.3, 0.4) is 0 Å². The maximum Gasteiger partial charge on any atom is 0.308 e. The molecular weight excluding hydrogens is 228 g/mol. The molecule has 0 bridgehead atoms. The minimum Gasteiger partial charge on any atom is -0.465 e. The van der Waals surface area contributed by atoms with Crippen molar-refractivity contribution in [1.29, 1.82) is 0 Å². The van der Waals surface area contributed by atoms with Crippen molar-refractivity contribution in [3.8, 4) is 0 Å². The van der Waals surface area contributed by atoms with Crippen molar-refractivity contribution in [2.45, 2.75) is 46.6 Å². The Kier molecular flexibility index (Phi) is 7.60. The molecule has 0 aliphatic rings. The van der Waals surface area contributed by atoms with Gasteiger partial charge in [0, 0.05) is 5.92 Å². The number of esters is 1. The van der Waals surface area contributed by atoms with Crippen molar-refractivity contribution >= 4 is 5.97 Å². The second kappa shape index (κ2) is 8.09. The van der Waals surface area contributed by atoms with Crippen LogP contribution in [0.15, 0.2) is 24.3 Å². The van der Waals surface area contributed by atoms with Crippen LogP contribution in [0.25, 0.3) is 0 Å². The standard InChI is InChI=1S/C15H26O3/c1-7-12(6)15(17)18-9-13(10(2)3)8-14(16)11(4)5/h12-14,16H,2,4,7-9H2,1,3,5-6H3. The predicted molar refractivity (Wildman–Crippen MR) is 74.2 cm³/mol. The van der Waals surface area contributed by atoms with Crippen LogP contribution in [-0.4, -0.2) is 23.8 Å². The smallest absolute Gasteiger partial charge is 0.308 e. The molecule has 3 nitrogen and oxygen atoms in total. The van der Waals surface area contributed by atoms with Gasteiger partial charge in [0.25, 0.3) is 0 Å². The maximum absolute atomic E-state index is 11.6. The minimum absolute atomic E-state index is 0.0234. The van der Waals surface area contributed by atoms with Crippen LogP contribution in [0.5, 0.6) is 0 Å². The molecular formula is C15H26O3. The summed E-state index contributed by atoms with van der Waals surface area (Å²) in [7, 11) is 0. The van der Waals surface area contributed by atoms with Crippen LogP contribution in [0.2, 0.25) is 0 Å². The topological polar surface area (TPSA) is 46.5 Å². The van der Waals surface area contributed by atoms with E-state index in [1.165, 1.54) is 0 Å². The first-order valence-electron chi connectivity index (χ1n) is 6.45. The summed E-state index contributed by atoms with van der Waals surface area (Å²) < 4.78 is 5.26. The second-order valence-electron chi connectivity index (χ2n) is 5.08. The van der Waals surface area contributed by atoms with E-state index in [4.69, 9.17) is 4.74 Å². The lowest BCUT2D eigenvalue weighted by molar-refractivity contribution is -0.149. The van der Waals surface area contributed by atoms with Gasteiger partial charge in [0.2, 0.25) is 0 Å². The monoisotopic (exact) mass is 254 g/mol. The van der Waals surface area contributed by atoms with E-state index in [1.807, 2.05) is 20.8 Å². The van der Waals surface area contributed by atoms with Crippen molar-refractivity contribution in [2.24, 2.45) is 11.8 Å². The molecule has 0 saturated carbocycles. The average molecular weight is 254 g/mol.